The number of aliphatic imine (C=N–C) groups is 1. The highest BCUT2D eigenvalue weighted by Gasteiger charge is 2.70. The quantitative estimate of drug-likeness (QED) is 0.900. The molecular formula is C15H18N2O2. The van der Waals surface area contributed by atoms with Crippen LogP contribution in [0.4, 0.5) is 0 Å². The molecule has 0 bridgehead atoms. The number of ether oxygens (including phenoxy) is 2. The van der Waals surface area contributed by atoms with Gasteiger partial charge in [-0.15, -0.1) is 0 Å². The Morgan fingerprint density at radius 3 is 2.95 bits per heavy atom. The van der Waals surface area contributed by atoms with Crippen molar-refractivity contribution in [3.05, 3.63) is 29.3 Å². The molecule has 4 rings (SSSR count). The predicted molar refractivity (Wildman–Crippen MR) is 72.8 cm³/mol. The summed E-state index contributed by atoms with van der Waals surface area (Å²) in [6.45, 7) is 1.83. The lowest BCUT2D eigenvalue weighted by atomic mass is 9.95. The minimum atomic E-state index is 0.0439. The summed E-state index contributed by atoms with van der Waals surface area (Å²) in [4.78, 5) is 4.65. The first kappa shape index (κ1) is 11.3. The fraction of sp³-hybridized carbons (Fsp3) is 0.533. The highest BCUT2D eigenvalue weighted by atomic mass is 16.5. The first-order valence-corrected chi connectivity index (χ1v) is 6.81. The lowest BCUT2D eigenvalue weighted by Gasteiger charge is -2.23. The van der Waals surface area contributed by atoms with Crippen molar-refractivity contribution in [3.8, 4) is 5.75 Å². The Kier molecular flexibility index (Phi) is 2.22. The molecule has 1 aromatic rings. The van der Waals surface area contributed by atoms with Crippen molar-refractivity contribution in [1.29, 1.82) is 0 Å². The molecule has 0 radical (unpaired) electrons. The third-order valence-electron chi connectivity index (χ3n) is 4.77. The molecule has 0 spiro atoms. The van der Waals surface area contributed by atoms with Crippen molar-refractivity contribution >= 4 is 5.84 Å². The van der Waals surface area contributed by atoms with Crippen LogP contribution in [0.3, 0.4) is 0 Å². The Bertz CT molecular complexity index is 569. The number of nitrogens with one attached hydrogen (secondary N) is 1. The van der Waals surface area contributed by atoms with Crippen molar-refractivity contribution in [2.24, 2.45) is 10.4 Å². The number of methoxy groups -OCH3 is 2. The SMILES string of the molecule is COc1cccc2c1C1CC1(C1=NCCN1)C2OC. The summed E-state index contributed by atoms with van der Waals surface area (Å²) in [5.74, 6) is 2.62. The van der Waals surface area contributed by atoms with E-state index in [0.717, 1.165) is 31.1 Å². The van der Waals surface area contributed by atoms with Crippen molar-refractivity contribution in [1.82, 2.24) is 5.32 Å². The maximum atomic E-state index is 5.83. The fourth-order valence-corrected chi connectivity index (χ4v) is 3.98. The Hall–Kier alpha value is -1.55. The number of hydrogen-bond acceptors (Lipinski definition) is 4. The largest absolute Gasteiger partial charge is 0.496 e. The van der Waals surface area contributed by atoms with Crippen LogP contribution in [0.25, 0.3) is 0 Å². The normalized spacial score (nSPS) is 34.3. The molecule has 0 aromatic heterocycles. The second-order valence-corrected chi connectivity index (χ2v) is 5.53. The van der Waals surface area contributed by atoms with Crippen LogP contribution >= 0.6 is 0 Å². The van der Waals surface area contributed by atoms with E-state index in [0.29, 0.717) is 5.92 Å². The van der Waals surface area contributed by atoms with Gasteiger partial charge in [0.2, 0.25) is 0 Å². The Labute approximate surface area is 112 Å². The van der Waals surface area contributed by atoms with E-state index >= 15 is 0 Å². The lowest BCUT2D eigenvalue weighted by Crippen LogP contribution is -2.32. The highest BCUT2D eigenvalue weighted by molar-refractivity contribution is 5.96. The summed E-state index contributed by atoms with van der Waals surface area (Å²) in [5, 5.41) is 3.45. The molecule has 1 fully saturated rings. The van der Waals surface area contributed by atoms with Crippen molar-refractivity contribution in [2.75, 3.05) is 27.3 Å². The Balaban J connectivity index is 1.85. The van der Waals surface area contributed by atoms with Gasteiger partial charge in [-0.1, -0.05) is 12.1 Å². The highest BCUT2D eigenvalue weighted by Crippen LogP contribution is 2.74. The molecule has 1 aromatic carbocycles. The molecule has 0 amide bonds. The zero-order valence-electron chi connectivity index (χ0n) is 11.3. The molecule has 19 heavy (non-hydrogen) atoms. The van der Waals surface area contributed by atoms with E-state index in [1.807, 2.05) is 12.1 Å². The van der Waals surface area contributed by atoms with Crippen molar-refractivity contribution < 1.29 is 9.47 Å². The van der Waals surface area contributed by atoms with Crippen LogP contribution < -0.4 is 10.1 Å². The number of rotatable bonds is 3. The lowest BCUT2D eigenvalue weighted by molar-refractivity contribution is 0.0697. The van der Waals surface area contributed by atoms with Gasteiger partial charge in [0, 0.05) is 25.1 Å². The van der Waals surface area contributed by atoms with E-state index < -0.39 is 0 Å². The Morgan fingerprint density at radius 1 is 1.37 bits per heavy atom. The molecule has 0 saturated heterocycles. The second kappa shape index (κ2) is 3.73. The van der Waals surface area contributed by atoms with Crippen molar-refractivity contribution in [2.45, 2.75) is 18.4 Å². The van der Waals surface area contributed by atoms with E-state index in [1.165, 1.54) is 11.1 Å². The third-order valence-corrected chi connectivity index (χ3v) is 4.77. The topological polar surface area (TPSA) is 42.8 Å². The minimum Gasteiger partial charge on any atom is -0.496 e. The second-order valence-electron chi connectivity index (χ2n) is 5.53. The third kappa shape index (κ3) is 1.25. The van der Waals surface area contributed by atoms with Gasteiger partial charge < -0.3 is 14.8 Å². The van der Waals surface area contributed by atoms with Crippen molar-refractivity contribution in [3.63, 3.8) is 0 Å². The minimum absolute atomic E-state index is 0.0439. The summed E-state index contributed by atoms with van der Waals surface area (Å²) in [6.07, 6.45) is 1.22. The van der Waals surface area contributed by atoms with Crippen LogP contribution in [0.5, 0.6) is 5.75 Å². The Morgan fingerprint density at radius 2 is 2.26 bits per heavy atom. The zero-order chi connectivity index (χ0) is 13.0. The standard InChI is InChI=1S/C15H18N2O2/c1-18-11-5-3-4-9-12(11)10-8-15(10,13(9)19-2)14-16-6-7-17-14/h3-5,10,13H,6-8H2,1-2H3,(H,16,17). The number of fused-ring (bicyclic) bond motifs is 3. The van der Waals surface area contributed by atoms with Crippen LogP contribution in [0, 0.1) is 5.41 Å². The van der Waals surface area contributed by atoms with Gasteiger partial charge in [-0.3, -0.25) is 4.99 Å². The first-order chi connectivity index (χ1) is 9.32. The predicted octanol–water partition coefficient (Wildman–Crippen LogP) is 1.87. The summed E-state index contributed by atoms with van der Waals surface area (Å²) < 4.78 is 11.4. The van der Waals surface area contributed by atoms with Gasteiger partial charge in [0.05, 0.1) is 25.2 Å². The van der Waals surface area contributed by atoms with E-state index in [-0.39, 0.29) is 11.5 Å². The molecule has 1 aliphatic heterocycles. The molecule has 3 atom stereocenters. The van der Waals surface area contributed by atoms with Gasteiger partial charge in [-0.25, -0.2) is 0 Å². The van der Waals surface area contributed by atoms with E-state index in [2.05, 4.69) is 16.4 Å². The first-order valence-electron chi connectivity index (χ1n) is 6.81. The molecule has 100 valence electrons. The molecule has 1 N–H and O–H groups in total. The van der Waals surface area contributed by atoms with Gasteiger partial charge in [0.1, 0.15) is 11.6 Å². The number of benzene rings is 1. The molecule has 3 unspecified atom stereocenters. The smallest absolute Gasteiger partial charge is 0.122 e. The maximum Gasteiger partial charge on any atom is 0.122 e. The average Bonchev–Trinajstić information content (AvgIpc) is 2.87. The summed E-state index contributed by atoms with van der Waals surface area (Å²) in [7, 11) is 3.54. The van der Waals surface area contributed by atoms with Crippen LogP contribution in [0.1, 0.15) is 29.6 Å². The van der Waals surface area contributed by atoms with Crippen LogP contribution in [0.2, 0.25) is 0 Å². The van der Waals surface area contributed by atoms with Gasteiger partial charge >= 0.3 is 0 Å². The number of amidine groups is 1. The molecule has 4 heteroatoms. The fourth-order valence-electron chi connectivity index (χ4n) is 3.98. The molecule has 1 saturated carbocycles. The summed E-state index contributed by atoms with van der Waals surface area (Å²) >= 11 is 0. The maximum absolute atomic E-state index is 5.83. The molecule has 2 aliphatic carbocycles. The van der Waals surface area contributed by atoms with Crippen LogP contribution in [-0.2, 0) is 4.74 Å². The molecule has 3 aliphatic rings. The number of nitrogens with zero attached hydrogens (tertiary/aromatic N) is 1. The summed E-state index contributed by atoms with van der Waals surface area (Å²) in [6, 6.07) is 6.26. The van der Waals surface area contributed by atoms with Gasteiger partial charge in [0.15, 0.2) is 0 Å². The average molecular weight is 258 g/mol. The van der Waals surface area contributed by atoms with Crippen LogP contribution in [0.15, 0.2) is 23.2 Å². The van der Waals surface area contributed by atoms with E-state index in [1.54, 1.807) is 14.2 Å². The van der Waals surface area contributed by atoms with Gasteiger partial charge in [-0.2, -0.15) is 0 Å². The van der Waals surface area contributed by atoms with E-state index in [4.69, 9.17) is 9.47 Å². The zero-order valence-corrected chi connectivity index (χ0v) is 11.3. The molecule has 4 nitrogen and oxygen atoms in total. The number of hydrogen-bond donors (Lipinski definition) is 1. The summed E-state index contributed by atoms with van der Waals surface area (Å²) in [5.41, 5.74) is 2.64. The van der Waals surface area contributed by atoms with Crippen LogP contribution in [-0.4, -0.2) is 33.1 Å². The van der Waals surface area contributed by atoms with E-state index in [9.17, 15) is 0 Å². The van der Waals surface area contributed by atoms with Gasteiger partial charge in [-0.05, 0) is 18.1 Å². The monoisotopic (exact) mass is 258 g/mol. The van der Waals surface area contributed by atoms with Gasteiger partial charge in [0.25, 0.3) is 0 Å². The molecule has 1 heterocycles. The molecular weight excluding hydrogens is 240 g/mol.